The third-order valence-electron chi connectivity index (χ3n) is 17.2. The van der Waals surface area contributed by atoms with E-state index in [2.05, 4.69) is 284 Å². The SMILES string of the molecule is CC(C)(C)c1ccc(N2c3ccc(C(C)(C)C)cc3B3c4cc(C(C)(C)C)ccc4N(c4ccc(C(C)(C)C)cc4)c4cc(-c5cc6c7cc(C(C)(C)C)ccc7n7c8ccc(C(C)(C)C)cc8c(c5)c67)cc2c43)cc1. The molecule has 4 heterocycles. The van der Waals surface area contributed by atoms with Crippen molar-refractivity contribution in [3.63, 3.8) is 0 Å². The largest absolute Gasteiger partial charge is 0.311 e. The van der Waals surface area contributed by atoms with Gasteiger partial charge in [-0.15, -0.1) is 0 Å². The fourth-order valence-corrected chi connectivity index (χ4v) is 12.5. The highest BCUT2D eigenvalue weighted by Crippen LogP contribution is 2.50. The van der Waals surface area contributed by atoms with Gasteiger partial charge in [-0.1, -0.05) is 185 Å². The van der Waals surface area contributed by atoms with Gasteiger partial charge >= 0.3 is 0 Å². The molecular weight excluding hydrogens is 918 g/mol. The molecule has 2 aliphatic heterocycles. The molecule has 0 amide bonds. The van der Waals surface area contributed by atoms with Crippen LogP contribution in [0.3, 0.4) is 0 Å². The molecule has 8 aromatic carbocycles. The van der Waals surface area contributed by atoms with Crippen LogP contribution in [0.4, 0.5) is 34.1 Å². The molecule has 0 saturated carbocycles. The van der Waals surface area contributed by atoms with Gasteiger partial charge in [0.2, 0.25) is 0 Å². The molecule has 0 fully saturated rings. The highest BCUT2D eigenvalue weighted by atomic mass is 15.2. The summed E-state index contributed by atoms with van der Waals surface area (Å²) in [5, 5.41) is 5.22. The lowest BCUT2D eigenvalue weighted by Gasteiger charge is -2.45. The fraction of sp³-hybridized carbons (Fsp3) is 0.333. The Morgan fingerprint density at radius 2 is 0.605 bits per heavy atom. The molecule has 12 rings (SSSR count). The zero-order valence-electron chi connectivity index (χ0n) is 48.8. The summed E-state index contributed by atoms with van der Waals surface area (Å²) in [6, 6.07) is 58.3. The van der Waals surface area contributed by atoms with Crippen LogP contribution in [0.5, 0.6) is 0 Å². The predicted octanol–water partition coefficient (Wildman–Crippen LogP) is 18.4. The second kappa shape index (κ2) is 16.4. The summed E-state index contributed by atoms with van der Waals surface area (Å²) in [5.41, 5.74) is 25.6. The minimum absolute atomic E-state index is 0.00133. The van der Waals surface area contributed by atoms with Crippen molar-refractivity contribution in [3.8, 4) is 11.1 Å². The molecule has 10 aromatic rings. The summed E-state index contributed by atoms with van der Waals surface area (Å²) < 4.78 is 2.55. The van der Waals surface area contributed by atoms with E-state index < -0.39 is 0 Å². The summed E-state index contributed by atoms with van der Waals surface area (Å²) in [7, 11) is 0. The van der Waals surface area contributed by atoms with Gasteiger partial charge in [-0.05, 0) is 178 Å². The normalized spacial score (nSPS) is 14.4. The van der Waals surface area contributed by atoms with Crippen LogP contribution in [0.15, 0.2) is 146 Å². The second-order valence-electron chi connectivity index (χ2n) is 28.9. The van der Waals surface area contributed by atoms with Crippen LogP contribution in [0, 0.1) is 0 Å². The summed E-state index contributed by atoms with van der Waals surface area (Å²) >= 11 is 0. The molecule has 76 heavy (non-hydrogen) atoms. The molecule has 0 N–H and O–H groups in total. The van der Waals surface area contributed by atoms with E-state index in [1.165, 1.54) is 133 Å². The Hall–Kier alpha value is -6.78. The van der Waals surface area contributed by atoms with Crippen LogP contribution in [0.2, 0.25) is 0 Å². The Labute approximate surface area is 454 Å². The first-order valence-corrected chi connectivity index (χ1v) is 28.0. The average molecular weight is 996 g/mol. The quantitative estimate of drug-likeness (QED) is 0.163. The minimum atomic E-state index is -0.0458. The van der Waals surface area contributed by atoms with E-state index in [4.69, 9.17) is 0 Å². The van der Waals surface area contributed by atoms with Crippen molar-refractivity contribution in [2.75, 3.05) is 9.80 Å². The van der Waals surface area contributed by atoms with Gasteiger partial charge in [-0.3, -0.25) is 0 Å². The molecule has 0 atom stereocenters. The molecule has 0 saturated heterocycles. The number of benzene rings is 8. The molecular formula is C72H78BN3. The van der Waals surface area contributed by atoms with Gasteiger partial charge in [0.15, 0.2) is 0 Å². The van der Waals surface area contributed by atoms with Gasteiger partial charge in [0.1, 0.15) is 0 Å². The number of nitrogens with zero attached hydrogens (tertiary/aromatic N) is 3. The molecule has 0 radical (unpaired) electrons. The zero-order valence-corrected chi connectivity index (χ0v) is 48.8. The van der Waals surface area contributed by atoms with Crippen molar-refractivity contribution in [1.29, 1.82) is 0 Å². The van der Waals surface area contributed by atoms with Crippen molar-refractivity contribution in [2.45, 2.75) is 157 Å². The first-order valence-electron chi connectivity index (χ1n) is 28.0. The van der Waals surface area contributed by atoms with Crippen molar-refractivity contribution in [2.24, 2.45) is 0 Å². The third kappa shape index (κ3) is 7.90. The van der Waals surface area contributed by atoms with Crippen LogP contribution in [0.25, 0.3) is 49.2 Å². The monoisotopic (exact) mass is 996 g/mol. The first kappa shape index (κ1) is 50.1. The number of fused-ring (bicyclic) bond motifs is 10. The Kier molecular flexibility index (Phi) is 10.8. The molecule has 384 valence electrons. The summed E-state index contributed by atoms with van der Waals surface area (Å²) in [5.74, 6) is 0. The fourth-order valence-electron chi connectivity index (χ4n) is 12.5. The van der Waals surface area contributed by atoms with Gasteiger partial charge in [0.05, 0.1) is 16.6 Å². The zero-order chi connectivity index (χ0) is 54.1. The molecule has 2 aliphatic rings. The number of hydrogen-bond acceptors (Lipinski definition) is 2. The second-order valence-corrected chi connectivity index (χ2v) is 28.9. The number of anilines is 6. The maximum Gasteiger partial charge on any atom is 0.252 e. The smallest absolute Gasteiger partial charge is 0.252 e. The summed E-state index contributed by atoms with van der Waals surface area (Å²) in [6.07, 6.45) is 0. The van der Waals surface area contributed by atoms with Crippen LogP contribution in [-0.4, -0.2) is 11.1 Å². The van der Waals surface area contributed by atoms with Gasteiger partial charge in [0.25, 0.3) is 6.71 Å². The first-order chi connectivity index (χ1) is 35.5. The summed E-state index contributed by atoms with van der Waals surface area (Å²) in [4.78, 5) is 5.22. The molecule has 0 aliphatic carbocycles. The predicted molar refractivity (Wildman–Crippen MR) is 333 cm³/mol. The van der Waals surface area contributed by atoms with E-state index >= 15 is 0 Å². The topological polar surface area (TPSA) is 10.9 Å². The van der Waals surface area contributed by atoms with Crippen molar-refractivity contribution < 1.29 is 0 Å². The minimum Gasteiger partial charge on any atom is -0.311 e. The van der Waals surface area contributed by atoms with Gasteiger partial charge in [-0.25, -0.2) is 0 Å². The molecule has 2 aromatic heterocycles. The van der Waals surface area contributed by atoms with E-state index in [1.807, 2.05) is 0 Å². The van der Waals surface area contributed by atoms with Crippen LogP contribution < -0.4 is 26.2 Å². The van der Waals surface area contributed by atoms with Crippen LogP contribution in [-0.2, 0) is 32.5 Å². The van der Waals surface area contributed by atoms with Crippen molar-refractivity contribution in [3.05, 3.63) is 179 Å². The molecule has 0 unspecified atom stereocenters. The number of hydrogen-bond donors (Lipinski definition) is 0. The third-order valence-corrected chi connectivity index (χ3v) is 17.2. The lowest BCUT2D eigenvalue weighted by atomic mass is 9.33. The molecule has 0 spiro atoms. The van der Waals surface area contributed by atoms with E-state index in [0.29, 0.717) is 0 Å². The van der Waals surface area contributed by atoms with E-state index in [0.717, 1.165) is 0 Å². The average Bonchev–Trinajstić information content (AvgIpc) is 3.87. The maximum atomic E-state index is 2.61. The number of aromatic nitrogens is 1. The lowest BCUT2D eigenvalue weighted by molar-refractivity contribution is 0.590. The highest BCUT2D eigenvalue weighted by molar-refractivity contribution is 7.00. The summed E-state index contributed by atoms with van der Waals surface area (Å²) in [6.45, 7) is 42.0. The Balaban J connectivity index is 1.23. The lowest BCUT2D eigenvalue weighted by Crippen LogP contribution is -2.61. The molecule has 0 bridgehead atoms. The molecule has 4 heteroatoms. The maximum absolute atomic E-state index is 2.61. The van der Waals surface area contributed by atoms with E-state index in [9.17, 15) is 0 Å². The van der Waals surface area contributed by atoms with Gasteiger partial charge < -0.3 is 14.2 Å². The molecule has 3 nitrogen and oxygen atoms in total. The van der Waals surface area contributed by atoms with E-state index in [1.54, 1.807) is 0 Å². The highest BCUT2D eigenvalue weighted by Gasteiger charge is 2.45. The van der Waals surface area contributed by atoms with Crippen LogP contribution >= 0.6 is 0 Å². The Morgan fingerprint density at radius 1 is 0.289 bits per heavy atom. The van der Waals surface area contributed by atoms with Crippen LogP contribution in [0.1, 0.15) is 158 Å². The number of rotatable bonds is 3. The van der Waals surface area contributed by atoms with Crippen molar-refractivity contribution in [1.82, 2.24) is 4.40 Å². The van der Waals surface area contributed by atoms with Crippen molar-refractivity contribution >= 4 is 95.3 Å². The van der Waals surface area contributed by atoms with Gasteiger partial charge in [-0.2, -0.15) is 0 Å². The van der Waals surface area contributed by atoms with Gasteiger partial charge in [0, 0.05) is 55.7 Å². The van der Waals surface area contributed by atoms with E-state index in [-0.39, 0.29) is 39.2 Å². The Morgan fingerprint density at radius 3 is 0.961 bits per heavy atom. The standard InChI is InChI=1S/C72H78BN3/c1-67(2,3)45-19-27-51(28-20-45)74-61-33-25-49(71(13,14)15)41-57(61)73-58-42-50(72(16,17)18)26-34-62(58)75(52-29-21-46(22-30-52)68(4,5)6)64-38-44(37-63(74)65(64)73)43-35-55-53-39-47(69(7,8)9)23-31-59(53)76-60-32-24-48(70(10,11)12)40-54(60)56(36-43)66(55)76/h19-42H,1-18H3. The Bertz CT molecular complexity index is 3720.